The Bertz CT molecular complexity index is 494. The zero-order valence-corrected chi connectivity index (χ0v) is 12.3. The fourth-order valence-corrected chi connectivity index (χ4v) is 3.09. The van der Waals surface area contributed by atoms with Gasteiger partial charge in [0.2, 0.25) is 0 Å². The van der Waals surface area contributed by atoms with E-state index in [0.717, 1.165) is 6.42 Å². The molecule has 0 saturated carbocycles. The van der Waals surface area contributed by atoms with Gasteiger partial charge < -0.3 is 10.4 Å². The first-order valence-corrected chi connectivity index (χ1v) is 7.48. The Hall–Kier alpha value is -1.16. The Kier molecular flexibility index (Phi) is 5.14. The molecule has 2 rings (SSSR count). The average molecular weight is 275 g/mol. The van der Waals surface area contributed by atoms with Gasteiger partial charge in [-0.05, 0) is 38.0 Å². The molecule has 0 bridgehead atoms. The molecule has 0 aliphatic carbocycles. The van der Waals surface area contributed by atoms with Crippen molar-refractivity contribution in [3.05, 3.63) is 57.8 Å². The van der Waals surface area contributed by atoms with Gasteiger partial charge in [-0.15, -0.1) is 11.3 Å². The monoisotopic (exact) mass is 275 g/mol. The number of nitrogens with one attached hydrogen (secondary N) is 1. The van der Waals surface area contributed by atoms with Gasteiger partial charge in [0.15, 0.2) is 0 Å². The minimum atomic E-state index is 0.0970. The molecule has 2 atom stereocenters. The van der Waals surface area contributed by atoms with E-state index in [9.17, 15) is 5.11 Å². The van der Waals surface area contributed by atoms with Gasteiger partial charge in [0.05, 0.1) is 6.61 Å². The van der Waals surface area contributed by atoms with E-state index in [2.05, 4.69) is 43.4 Å². The lowest BCUT2D eigenvalue weighted by Crippen LogP contribution is -2.36. The normalized spacial score (nSPS) is 14.3. The zero-order chi connectivity index (χ0) is 13.7. The maximum absolute atomic E-state index is 9.53. The van der Waals surface area contributed by atoms with Crippen LogP contribution < -0.4 is 5.32 Å². The molecule has 2 unspecified atom stereocenters. The number of rotatable bonds is 6. The minimum Gasteiger partial charge on any atom is -0.395 e. The van der Waals surface area contributed by atoms with Crippen LogP contribution in [0, 0.1) is 6.92 Å². The Morgan fingerprint density at radius 1 is 1.16 bits per heavy atom. The third-order valence-corrected chi connectivity index (χ3v) is 4.40. The molecule has 19 heavy (non-hydrogen) atoms. The summed E-state index contributed by atoms with van der Waals surface area (Å²) in [5, 5.41) is 13.0. The molecule has 1 aromatic carbocycles. The highest BCUT2D eigenvalue weighted by atomic mass is 32.1. The molecule has 2 N–H and O–H groups in total. The topological polar surface area (TPSA) is 32.3 Å². The molecule has 0 radical (unpaired) electrons. The lowest BCUT2D eigenvalue weighted by Gasteiger charge is -2.21. The molecule has 0 aliphatic heterocycles. The standard InChI is InChI=1S/C16H21NOS/c1-12-8-9-16(19-12)13(2)17-15(11-18)10-14-6-4-3-5-7-14/h3-9,13,15,17-18H,10-11H2,1-2H3. The second-order valence-electron chi connectivity index (χ2n) is 4.91. The van der Waals surface area contributed by atoms with Crippen LogP contribution in [0.25, 0.3) is 0 Å². The van der Waals surface area contributed by atoms with Gasteiger partial charge in [-0.2, -0.15) is 0 Å². The maximum Gasteiger partial charge on any atom is 0.0588 e. The summed E-state index contributed by atoms with van der Waals surface area (Å²) in [7, 11) is 0. The lowest BCUT2D eigenvalue weighted by molar-refractivity contribution is 0.233. The SMILES string of the molecule is Cc1ccc(C(C)NC(CO)Cc2ccccc2)s1. The molecular weight excluding hydrogens is 254 g/mol. The number of benzene rings is 1. The highest BCUT2D eigenvalue weighted by molar-refractivity contribution is 7.12. The maximum atomic E-state index is 9.53. The highest BCUT2D eigenvalue weighted by Gasteiger charge is 2.14. The first-order valence-electron chi connectivity index (χ1n) is 6.66. The number of aliphatic hydroxyl groups excluding tert-OH is 1. The summed E-state index contributed by atoms with van der Waals surface area (Å²) in [4.78, 5) is 2.65. The number of hydrogen-bond acceptors (Lipinski definition) is 3. The van der Waals surface area contributed by atoms with E-state index < -0.39 is 0 Å². The largest absolute Gasteiger partial charge is 0.395 e. The van der Waals surface area contributed by atoms with Crippen molar-refractivity contribution < 1.29 is 5.11 Å². The molecule has 2 nitrogen and oxygen atoms in total. The van der Waals surface area contributed by atoms with Gasteiger partial charge in [-0.1, -0.05) is 30.3 Å². The van der Waals surface area contributed by atoms with Gasteiger partial charge in [0.1, 0.15) is 0 Å². The zero-order valence-electron chi connectivity index (χ0n) is 11.5. The van der Waals surface area contributed by atoms with Crippen LogP contribution in [-0.2, 0) is 6.42 Å². The summed E-state index contributed by atoms with van der Waals surface area (Å²) in [6, 6.07) is 15.0. The molecule has 0 aliphatic rings. The van der Waals surface area contributed by atoms with Crippen LogP contribution >= 0.6 is 11.3 Å². The third-order valence-electron chi connectivity index (χ3n) is 3.22. The Labute approximate surface area is 119 Å². The molecule has 0 fully saturated rings. The second-order valence-corrected chi connectivity index (χ2v) is 6.23. The molecule has 0 saturated heterocycles. The minimum absolute atomic E-state index is 0.0970. The van der Waals surface area contributed by atoms with Crippen LogP contribution in [0.1, 0.15) is 28.3 Å². The summed E-state index contributed by atoms with van der Waals surface area (Å²) in [6.07, 6.45) is 0.853. The molecule has 2 aromatic rings. The molecular formula is C16H21NOS. The first kappa shape index (κ1) is 14.3. The summed E-state index contributed by atoms with van der Waals surface area (Å²) >= 11 is 1.81. The number of aryl methyl sites for hydroxylation is 1. The van der Waals surface area contributed by atoms with Crippen molar-refractivity contribution in [1.29, 1.82) is 0 Å². The van der Waals surface area contributed by atoms with Gasteiger partial charge in [-0.3, -0.25) is 0 Å². The van der Waals surface area contributed by atoms with Crippen LogP contribution in [0.2, 0.25) is 0 Å². The van der Waals surface area contributed by atoms with Crippen molar-refractivity contribution in [3.63, 3.8) is 0 Å². The Balaban J connectivity index is 1.95. The van der Waals surface area contributed by atoms with Gasteiger partial charge in [-0.25, -0.2) is 0 Å². The predicted octanol–water partition coefficient (Wildman–Crippen LogP) is 3.31. The van der Waals surface area contributed by atoms with E-state index in [0.29, 0.717) is 0 Å². The van der Waals surface area contributed by atoms with E-state index in [1.165, 1.54) is 15.3 Å². The van der Waals surface area contributed by atoms with E-state index in [-0.39, 0.29) is 18.7 Å². The van der Waals surface area contributed by atoms with Crippen LogP contribution in [0.15, 0.2) is 42.5 Å². The third kappa shape index (κ3) is 4.16. The van der Waals surface area contributed by atoms with Gasteiger partial charge in [0, 0.05) is 21.8 Å². The van der Waals surface area contributed by atoms with E-state index in [1.807, 2.05) is 29.5 Å². The second kappa shape index (κ2) is 6.85. The lowest BCUT2D eigenvalue weighted by atomic mass is 10.1. The fourth-order valence-electron chi connectivity index (χ4n) is 2.20. The Morgan fingerprint density at radius 3 is 2.47 bits per heavy atom. The quantitative estimate of drug-likeness (QED) is 0.847. The molecule has 1 aromatic heterocycles. The van der Waals surface area contributed by atoms with Gasteiger partial charge >= 0.3 is 0 Å². The van der Waals surface area contributed by atoms with Crippen molar-refractivity contribution in [1.82, 2.24) is 5.32 Å². The van der Waals surface area contributed by atoms with Crippen molar-refractivity contribution in [2.75, 3.05) is 6.61 Å². The van der Waals surface area contributed by atoms with Crippen LogP contribution in [-0.4, -0.2) is 17.8 Å². The molecule has 102 valence electrons. The van der Waals surface area contributed by atoms with Crippen molar-refractivity contribution in [3.8, 4) is 0 Å². The van der Waals surface area contributed by atoms with Crippen molar-refractivity contribution >= 4 is 11.3 Å². The molecule has 1 heterocycles. The summed E-state index contributed by atoms with van der Waals surface area (Å²) in [6.45, 7) is 4.43. The fraction of sp³-hybridized carbons (Fsp3) is 0.375. The van der Waals surface area contributed by atoms with Gasteiger partial charge in [0.25, 0.3) is 0 Å². The van der Waals surface area contributed by atoms with Crippen LogP contribution in [0.4, 0.5) is 0 Å². The van der Waals surface area contributed by atoms with Crippen LogP contribution in [0.5, 0.6) is 0 Å². The molecule has 3 heteroatoms. The van der Waals surface area contributed by atoms with Crippen LogP contribution in [0.3, 0.4) is 0 Å². The summed E-state index contributed by atoms with van der Waals surface area (Å²) < 4.78 is 0. The van der Waals surface area contributed by atoms with Crippen molar-refractivity contribution in [2.24, 2.45) is 0 Å². The Morgan fingerprint density at radius 2 is 1.89 bits per heavy atom. The average Bonchev–Trinajstić information content (AvgIpc) is 2.86. The van der Waals surface area contributed by atoms with E-state index in [1.54, 1.807) is 0 Å². The predicted molar refractivity (Wildman–Crippen MR) is 81.6 cm³/mol. The van der Waals surface area contributed by atoms with Crippen molar-refractivity contribution in [2.45, 2.75) is 32.4 Å². The number of hydrogen-bond donors (Lipinski definition) is 2. The molecule has 0 amide bonds. The number of aliphatic hydroxyl groups is 1. The highest BCUT2D eigenvalue weighted by Crippen LogP contribution is 2.22. The summed E-state index contributed by atoms with van der Waals surface area (Å²) in [5.74, 6) is 0. The van der Waals surface area contributed by atoms with E-state index in [4.69, 9.17) is 0 Å². The number of thiophene rings is 1. The van der Waals surface area contributed by atoms with E-state index >= 15 is 0 Å². The molecule has 0 spiro atoms. The first-order chi connectivity index (χ1) is 9.19. The smallest absolute Gasteiger partial charge is 0.0588 e. The summed E-state index contributed by atoms with van der Waals surface area (Å²) in [5.41, 5.74) is 1.25.